The van der Waals surface area contributed by atoms with Crippen molar-refractivity contribution in [1.29, 1.82) is 0 Å². The first-order chi connectivity index (χ1) is 32.4. The molecule has 9 rings (SSSR count). The number of hydrogen-bond acceptors (Lipinski definition) is 9. The first-order valence-corrected chi connectivity index (χ1v) is 24.5. The van der Waals surface area contributed by atoms with Gasteiger partial charge in [-0.2, -0.15) is 0 Å². The van der Waals surface area contributed by atoms with Gasteiger partial charge in [0.15, 0.2) is 0 Å². The Morgan fingerprint density at radius 2 is 1.25 bits per heavy atom. The van der Waals surface area contributed by atoms with Crippen LogP contribution in [0.25, 0.3) is 33.6 Å². The van der Waals surface area contributed by atoms with E-state index in [0.717, 1.165) is 89.6 Å². The molecule has 67 heavy (non-hydrogen) atoms. The standard InChI is InChI=1S/C53H61N9O4S/c1-53(2,3)66-52(65)59-45(38-13-8-6-9-14-38)49(63)62-44(33-67-51(62)40-26-28-54-29-27-40)48-56-32-42(58-48)37-24-20-35(21-25-37)34-18-22-36(23-19-34)41-31-55-47(57-41)43-17-12-30-61(43)50(64)46(60(4)5)39-15-10-7-11-16-39/h6-11,13-16,18-25,31-32,40,43-46,51,54H,12,17,26-30,33H2,1-5H3,(H,55,57)(H,56,58)(H,59,65)/t43-,44-,45?,46+,51?/m0/s1. The molecule has 6 aromatic rings. The number of ether oxygens (including phenoxy) is 1. The number of likely N-dealkylation sites (N-methyl/N-ethyl adjacent to an activating group) is 1. The quantitative estimate of drug-likeness (QED) is 0.0942. The van der Waals surface area contributed by atoms with Crippen LogP contribution in [0.15, 0.2) is 122 Å². The predicted octanol–water partition coefficient (Wildman–Crippen LogP) is 9.31. The molecule has 4 aromatic carbocycles. The zero-order valence-electron chi connectivity index (χ0n) is 38.9. The maximum Gasteiger partial charge on any atom is 0.408 e. The van der Waals surface area contributed by atoms with Crippen molar-refractivity contribution in [3.05, 3.63) is 144 Å². The number of likely N-dealkylation sites (tertiary alicyclic amines) is 1. The number of alkyl carbamates (subject to hydrolysis) is 1. The third kappa shape index (κ3) is 10.2. The Morgan fingerprint density at radius 1 is 0.716 bits per heavy atom. The van der Waals surface area contributed by atoms with E-state index in [0.29, 0.717) is 23.8 Å². The van der Waals surface area contributed by atoms with Gasteiger partial charge >= 0.3 is 6.09 Å². The summed E-state index contributed by atoms with van der Waals surface area (Å²) in [7, 11) is 3.91. The van der Waals surface area contributed by atoms with Gasteiger partial charge < -0.3 is 35.1 Å². The summed E-state index contributed by atoms with van der Waals surface area (Å²) < 4.78 is 5.65. The lowest BCUT2D eigenvalue weighted by molar-refractivity contribution is -0.138. The van der Waals surface area contributed by atoms with Crippen molar-refractivity contribution in [3.63, 3.8) is 0 Å². The fourth-order valence-corrected chi connectivity index (χ4v) is 11.4. The summed E-state index contributed by atoms with van der Waals surface area (Å²) in [4.78, 5) is 65.0. The van der Waals surface area contributed by atoms with Gasteiger partial charge in [-0.1, -0.05) is 109 Å². The number of carbonyl (C=O) groups is 3. The van der Waals surface area contributed by atoms with E-state index in [1.54, 1.807) is 11.8 Å². The largest absolute Gasteiger partial charge is 0.444 e. The second kappa shape index (κ2) is 19.9. The lowest BCUT2D eigenvalue weighted by Gasteiger charge is -2.37. The number of aromatic nitrogens is 4. The molecule has 3 aliphatic heterocycles. The van der Waals surface area contributed by atoms with E-state index >= 15 is 0 Å². The van der Waals surface area contributed by atoms with Crippen LogP contribution in [0.2, 0.25) is 0 Å². The summed E-state index contributed by atoms with van der Waals surface area (Å²) in [5, 5.41) is 6.32. The molecule has 2 unspecified atom stereocenters. The lowest BCUT2D eigenvalue weighted by Crippen LogP contribution is -2.49. The fraction of sp³-hybridized carbons (Fsp3) is 0.377. The van der Waals surface area contributed by atoms with Crippen LogP contribution in [0.5, 0.6) is 0 Å². The van der Waals surface area contributed by atoms with Gasteiger partial charge in [0.1, 0.15) is 35.4 Å². The van der Waals surface area contributed by atoms with Crippen molar-refractivity contribution in [2.45, 2.75) is 81.6 Å². The van der Waals surface area contributed by atoms with Gasteiger partial charge in [0.25, 0.3) is 5.91 Å². The zero-order chi connectivity index (χ0) is 46.7. The molecule has 0 aliphatic carbocycles. The summed E-state index contributed by atoms with van der Waals surface area (Å²) in [6, 6.07) is 34.5. The average Bonchev–Trinajstić information content (AvgIpc) is 4.18. The first kappa shape index (κ1) is 45.9. The molecule has 3 amide bonds. The predicted molar refractivity (Wildman–Crippen MR) is 264 cm³/mol. The zero-order valence-corrected chi connectivity index (χ0v) is 39.8. The Kier molecular flexibility index (Phi) is 13.7. The number of hydrogen-bond donors (Lipinski definition) is 4. The van der Waals surface area contributed by atoms with Gasteiger partial charge in [-0.15, -0.1) is 11.8 Å². The molecule has 13 nitrogen and oxygen atoms in total. The molecule has 5 atom stereocenters. The maximum atomic E-state index is 15.0. The molecule has 3 aliphatic rings. The van der Waals surface area contributed by atoms with Crippen LogP contribution in [0.4, 0.5) is 4.79 Å². The molecule has 3 saturated heterocycles. The second-order valence-electron chi connectivity index (χ2n) is 19.0. The van der Waals surface area contributed by atoms with Crippen LogP contribution in [-0.4, -0.2) is 103 Å². The topological polar surface area (TPSA) is 152 Å². The highest BCUT2D eigenvalue weighted by Crippen LogP contribution is 2.45. The van der Waals surface area contributed by atoms with Crippen molar-refractivity contribution in [2.75, 3.05) is 39.5 Å². The summed E-state index contributed by atoms with van der Waals surface area (Å²) in [6.07, 6.45) is 6.80. The first-order valence-electron chi connectivity index (χ1n) is 23.4. The van der Waals surface area contributed by atoms with Crippen LogP contribution in [0.3, 0.4) is 0 Å². The third-order valence-electron chi connectivity index (χ3n) is 13.1. The molecule has 0 radical (unpaired) electrons. The van der Waals surface area contributed by atoms with Gasteiger partial charge in [-0.3, -0.25) is 14.5 Å². The summed E-state index contributed by atoms with van der Waals surface area (Å²) in [6.45, 7) is 7.95. The smallest absolute Gasteiger partial charge is 0.408 e. The number of rotatable bonds is 12. The number of benzene rings is 4. The van der Waals surface area contributed by atoms with E-state index in [1.165, 1.54) is 0 Å². The molecule has 0 bridgehead atoms. The van der Waals surface area contributed by atoms with Crippen molar-refractivity contribution >= 4 is 29.7 Å². The van der Waals surface area contributed by atoms with Gasteiger partial charge in [-0.25, -0.2) is 14.8 Å². The highest BCUT2D eigenvalue weighted by Gasteiger charge is 2.46. The Labute approximate surface area is 397 Å². The monoisotopic (exact) mass is 919 g/mol. The molecule has 0 spiro atoms. The molecular formula is C53H61N9O4S. The van der Waals surface area contributed by atoms with Crippen molar-refractivity contribution in [3.8, 4) is 33.6 Å². The Balaban J connectivity index is 0.898. The van der Waals surface area contributed by atoms with Gasteiger partial charge in [0, 0.05) is 12.3 Å². The summed E-state index contributed by atoms with van der Waals surface area (Å²) >= 11 is 1.79. The lowest BCUT2D eigenvalue weighted by atomic mass is 9.95. The SMILES string of the molecule is CN(C)[C@@H](C(=O)N1CCC[C@H]1c1ncc(-c2ccc(-c3ccc(-c4cnc([C@@H]5CSC(C6CCNCC6)N5C(=O)C(NC(=O)OC(C)(C)C)c5ccccc5)[nH]4)cc3)cc2)[nH]1)c1ccccc1. The van der Waals surface area contributed by atoms with Crippen LogP contribution >= 0.6 is 11.8 Å². The normalized spacial score (nSPS) is 19.9. The number of nitrogens with one attached hydrogen (secondary N) is 4. The van der Waals surface area contributed by atoms with Gasteiger partial charge in [0.2, 0.25) is 5.91 Å². The van der Waals surface area contributed by atoms with Crippen LogP contribution in [-0.2, 0) is 14.3 Å². The number of imidazole rings is 2. The Morgan fingerprint density at radius 3 is 1.81 bits per heavy atom. The van der Waals surface area contributed by atoms with Crippen LogP contribution in [0, 0.1) is 5.92 Å². The molecule has 4 N–H and O–H groups in total. The average molecular weight is 920 g/mol. The molecule has 2 aromatic heterocycles. The highest BCUT2D eigenvalue weighted by molar-refractivity contribution is 8.00. The van der Waals surface area contributed by atoms with Gasteiger partial charge in [0.05, 0.1) is 35.2 Å². The number of carbonyl (C=O) groups excluding carboxylic acids is 3. The molecule has 14 heteroatoms. The number of thioether (sulfide) groups is 1. The van der Waals surface area contributed by atoms with E-state index in [-0.39, 0.29) is 35.3 Å². The number of amides is 3. The molecule has 5 heterocycles. The van der Waals surface area contributed by atoms with Crippen LogP contribution < -0.4 is 10.6 Å². The minimum absolute atomic E-state index is 0.0736. The number of nitrogens with zero attached hydrogens (tertiary/aromatic N) is 5. The minimum atomic E-state index is -0.934. The van der Waals surface area contributed by atoms with E-state index in [4.69, 9.17) is 14.7 Å². The molecule has 348 valence electrons. The van der Waals surface area contributed by atoms with Crippen molar-refractivity contribution in [2.24, 2.45) is 5.92 Å². The van der Waals surface area contributed by atoms with E-state index in [1.807, 2.05) is 123 Å². The maximum absolute atomic E-state index is 15.0. The molecule has 3 fully saturated rings. The van der Waals surface area contributed by atoms with E-state index in [2.05, 4.69) is 69.1 Å². The number of piperidine rings is 1. The number of H-pyrrole nitrogens is 2. The molecule has 0 saturated carbocycles. The van der Waals surface area contributed by atoms with Gasteiger partial charge in [-0.05, 0) is 113 Å². The number of aromatic amines is 2. The third-order valence-corrected chi connectivity index (χ3v) is 14.5. The van der Waals surface area contributed by atoms with E-state index in [9.17, 15) is 14.4 Å². The van der Waals surface area contributed by atoms with E-state index < -0.39 is 17.7 Å². The highest BCUT2D eigenvalue weighted by atomic mass is 32.2. The second-order valence-corrected chi connectivity index (χ2v) is 20.2. The van der Waals surface area contributed by atoms with Crippen molar-refractivity contribution in [1.82, 2.24) is 45.3 Å². The van der Waals surface area contributed by atoms with Crippen molar-refractivity contribution < 1.29 is 19.1 Å². The molecular weight excluding hydrogens is 859 g/mol. The Hall–Kier alpha value is -6.22. The minimum Gasteiger partial charge on any atom is -0.444 e. The Bertz CT molecular complexity index is 2620. The summed E-state index contributed by atoms with van der Waals surface area (Å²) in [5.74, 6) is 2.42. The fourth-order valence-electron chi connectivity index (χ4n) is 9.78. The van der Waals surface area contributed by atoms with Crippen LogP contribution in [0.1, 0.15) is 93.4 Å². The summed E-state index contributed by atoms with van der Waals surface area (Å²) in [5.41, 5.74) is 6.90.